The van der Waals surface area contributed by atoms with Crippen molar-refractivity contribution in [3.05, 3.63) is 34.3 Å². The molecule has 2 nitrogen and oxygen atoms in total. The van der Waals surface area contributed by atoms with Gasteiger partial charge in [-0.2, -0.15) is 0 Å². The van der Waals surface area contributed by atoms with Gasteiger partial charge < -0.3 is 5.32 Å². The third-order valence-electron chi connectivity index (χ3n) is 3.16. The number of carbonyl (C=O) groups excluding carboxylic acids is 1. The monoisotopic (exact) mass is 207 g/mol. The standard InChI is InChI=1S/C11H10ClNO/c12-8-2-1-6-3-7-4-10(14)13-11(7)9(6)5-8/h1-2,5,7,11H,3-4H2,(H,13,14). The van der Waals surface area contributed by atoms with Crippen molar-refractivity contribution in [2.24, 2.45) is 5.92 Å². The van der Waals surface area contributed by atoms with Crippen LogP contribution >= 0.6 is 11.6 Å². The number of rotatable bonds is 0. The molecule has 0 aromatic heterocycles. The third-order valence-corrected chi connectivity index (χ3v) is 3.40. The van der Waals surface area contributed by atoms with Crippen molar-refractivity contribution in [3.63, 3.8) is 0 Å². The summed E-state index contributed by atoms with van der Waals surface area (Å²) in [6.45, 7) is 0. The summed E-state index contributed by atoms with van der Waals surface area (Å²) in [7, 11) is 0. The second-order valence-electron chi connectivity index (χ2n) is 4.06. The number of fused-ring (bicyclic) bond motifs is 3. The van der Waals surface area contributed by atoms with Crippen molar-refractivity contribution in [2.75, 3.05) is 0 Å². The number of halogens is 1. The normalized spacial score (nSPS) is 28.5. The fraction of sp³-hybridized carbons (Fsp3) is 0.364. The molecular weight excluding hydrogens is 198 g/mol. The SMILES string of the molecule is O=C1CC2Cc3ccc(Cl)cc3C2N1. The lowest BCUT2D eigenvalue weighted by Gasteiger charge is -2.09. The summed E-state index contributed by atoms with van der Waals surface area (Å²) >= 11 is 5.94. The van der Waals surface area contributed by atoms with Gasteiger partial charge in [0.1, 0.15) is 0 Å². The topological polar surface area (TPSA) is 29.1 Å². The van der Waals surface area contributed by atoms with E-state index in [4.69, 9.17) is 11.6 Å². The van der Waals surface area contributed by atoms with Crippen molar-refractivity contribution in [2.45, 2.75) is 18.9 Å². The van der Waals surface area contributed by atoms with Gasteiger partial charge in [-0.1, -0.05) is 17.7 Å². The quantitative estimate of drug-likeness (QED) is 0.694. The maximum atomic E-state index is 11.2. The zero-order valence-corrected chi connectivity index (χ0v) is 8.34. The highest BCUT2D eigenvalue weighted by atomic mass is 35.5. The Labute approximate surface area is 87.3 Å². The smallest absolute Gasteiger partial charge is 0.220 e. The van der Waals surface area contributed by atoms with E-state index in [1.54, 1.807) is 0 Å². The Hall–Kier alpha value is -1.02. The van der Waals surface area contributed by atoms with Crippen LogP contribution in [0.2, 0.25) is 5.02 Å². The molecule has 1 aliphatic carbocycles. The minimum Gasteiger partial charge on any atom is -0.349 e. The fourth-order valence-corrected chi connectivity index (χ4v) is 2.73. The van der Waals surface area contributed by atoms with Gasteiger partial charge in [-0.05, 0) is 35.6 Å². The summed E-state index contributed by atoms with van der Waals surface area (Å²) in [6, 6.07) is 6.19. The molecular formula is C11H10ClNO. The summed E-state index contributed by atoms with van der Waals surface area (Å²) in [5, 5.41) is 3.76. The second-order valence-corrected chi connectivity index (χ2v) is 4.49. The Morgan fingerprint density at radius 1 is 1.36 bits per heavy atom. The lowest BCUT2D eigenvalue weighted by molar-refractivity contribution is -0.119. The number of benzene rings is 1. The van der Waals surface area contributed by atoms with Gasteiger partial charge in [-0.15, -0.1) is 0 Å². The predicted molar refractivity (Wildman–Crippen MR) is 54.1 cm³/mol. The van der Waals surface area contributed by atoms with E-state index in [1.807, 2.05) is 12.1 Å². The Bertz CT molecular complexity index is 416. The lowest BCUT2D eigenvalue weighted by Crippen LogP contribution is -2.18. The van der Waals surface area contributed by atoms with E-state index in [0.717, 1.165) is 11.4 Å². The van der Waals surface area contributed by atoms with Gasteiger partial charge in [0.05, 0.1) is 6.04 Å². The van der Waals surface area contributed by atoms with E-state index in [1.165, 1.54) is 11.1 Å². The molecule has 72 valence electrons. The summed E-state index contributed by atoms with van der Waals surface area (Å²) in [5.74, 6) is 0.626. The average Bonchev–Trinajstić information content (AvgIpc) is 2.62. The van der Waals surface area contributed by atoms with Gasteiger partial charge >= 0.3 is 0 Å². The van der Waals surface area contributed by atoms with Crippen molar-refractivity contribution in [1.29, 1.82) is 0 Å². The molecule has 2 unspecified atom stereocenters. The molecule has 0 bridgehead atoms. The Morgan fingerprint density at radius 2 is 2.21 bits per heavy atom. The van der Waals surface area contributed by atoms with Crippen LogP contribution in [0, 0.1) is 5.92 Å². The van der Waals surface area contributed by atoms with Crippen LogP contribution in [-0.4, -0.2) is 5.91 Å². The first-order valence-electron chi connectivity index (χ1n) is 4.82. The van der Waals surface area contributed by atoms with E-state index in [9.17, 15) is 4.79 Å². The highest BCUT2D eigenvalue weighted by Crippen LogP contribution is 2.42. The zero-order chi connectivity index (χ0) is 9.71. The van der Waals surface area contributed by atoms with Gasteiger partial charge in [-0.25, -0.2) is 0 Å². The molecule has 3 heteroatoms. The number of hydrogen-bond donors (Lipinski definition) is 1. The first-order valence-corrected chi connectivity index (χ1v) is 5.19. The first-order chi connectivity index (χ1) is 6.74. The van der Waals surface area contributed by atoms with Gasteiger partial charge in [0, 0.05) is 11.4 Å². The minimum absolute atomic E-state index is 0.172. The summed E-state index contributed by atoms with van der Waals surface area (Å²) < 4.78 is 0. The molecule has 1 aromatic carbocycles. The van der Waals surface area contributed by atoms with Crippen molar-refractivity contribution in [3.8, 4) is 0 Å². The molecule has 2 aliphatic rings. The predicted octanol–water partition coefficient (Wildman–Crippen LogP) is 2.07. The van der Waals surface area contributed by atoms with Crippen LogP contribution in [-0.2, 0) is 11.2 Å². The van der Waals surface area contributed by atoms with Crippen LogP contribution in [0.15, 0.2) is 18.2 Å². The van der Waals surface area contributed by atoms with Crippen LogP contribution in [0.25, 0.3) is 0 Å². The Kier molecular flexibility index (Phi) is 1.62. The summed E-state index contributed by atoms with van der Waals surface area (Å²) in [4.78, 5) is 11.2. The highest BCUT2D eigenvalue weighted by molar-refractivity contribution is 6.30. The molecule has 0 saturated carbocycles. The molecule has 2 atom stereocenters. The lowest BCUT2D eigenvalue weighted by atomic mass is 10.0. The van der Waals surface area contributed by atoms with Crippen LogP contribution in [0.4, 0.5) is 0 Å². The number of carbonyl (C=O) groups is 1. The van der Waals surface area contributed by atoms with Crippen LogP contribution in [0.5, 0.6) is 0 Å². The summed E-state index contributed by atoms with van der Waals surface area (Å²) in [5.41, 5.74) is 2.55. The van der Waals surface area contributed by atoms with Crippen LogP contribution < -0.4 is 5.32 Å². The van der Waals surface area contributed by atoms with E-state index in [-0.39, 0.29) is 11.9 Å². The first kappa shape index (κ1) is 8.30. The van der Waals surface area contributed by atoms with Gasteiger partial charge in [-0.3, -0.25) is 4.79 Å². The van der Waals surface area contributed by atoms with Crippen molar-refractivity contribution >= 4 is 17.5 Å². The third kappa shape index (κ3) is 1.07. The molecule has 1 N–H and O–H groups in total. The van der Waals surface area contributed by atoms with Gasteiger partial charge in [0.25, 0.3) is 0 Å². The molecule has 1 aromatic rings. The van der Waals surface area contributed by atoms with Crippen molar-refractivity contribution in [1.82, 2.24) is 5.32 Å². The van der Waals surface area contributed by atoms with E-state index in [2.05, 4.69) is 11.4 Å². The fourth-order valence-electron chi connectivity index (χ4n) is 2.55. The largest absolute Gasteiger partial charge is 0.349 e. The van der Waals surface area contributed by atoms with E-state index >= 15 is 0 Å². The minimum atomic E-state index is 0.172. The molecule has 1 fully saturated rings. The Morgan fingerprint density at radius 3 is 3.07 bits per heavy atom. The number of amides is 1. The van der Waals surface area contributed by atoms with E-state index in [0.29, 0.717) is 12.3 Å². The van der Waals surface area contributed by atoms with Crippen LogP contribution in [0.3, 0.4) is 0 Å². The molecule has 3 rings (SSSR count). The Balaban J connectivity index is 2.07. The van der Waals surface area contributed by atoms with Crippen LogP contribution in [0.1, 0.15) is 23.6 Å². The maximum Gasteiger partial charge on any atom is 0.220 e. The maximum absolute atomic E-state index is 11.2. The molecule has 14 heavy (non-hydrogen) atoms. The molecule has 1 heterocycles. The second kappa shape index (κ2) is 2.74. The van der Waals surface area contributed by atoms with Gasteiger partial charge in [0.15, 0.2) is 0 Å². The molecule has 1 amide bonds. The van der Waals surface area contributed by atoms with Gasteiger partial charge in [0.2, 0.25) is 5.91 Å². The van der Waals surface area contributed by atoms with Crippen molar-refractivity contribution < 1.29 is 4.79 Å². The zero-order valence-electron chi connectivity index (χ0n) is 7.59. The average molecular weight is 208 g/mol. The highest BCUT2D eigenvalue weighted by Gasteiger charge is 2.39. The molecule has 1 saturated heterocycles. The van der Waals surface area contributed by atoms with E-state index < -0.39 is 0 Å². The number of nitrogens with one attached hydrogen (secondary N) is 1. The number of hydrogen-bond acceptors (Lipinski definition) is 1. The molecule has 0 spiro atoms. The molecule has 1 aliphatic heterocycles. The summed E-state index contributed by atoms with van der Waals surface area (Å²) in [6.07, 6.45) is 1.67. The molecule has 0 radical (unpaired) electrons.